The summed E-state index contributed by atoms with van der Waals surface area (Å²) in [6.07, 6.45) is 2.64. The van der Waals surface area contributed by atoms with Gasteiger partial charge in [0, 0.05) is 12.2 Å². The molecule has 140 valence electrons. The summed E-state index contributed by atoms with van der Waals surface area (Å²) in [6.45, 7) is 7.01. The first-order chi connectivity index (χ1) is 12.6. The van der Waals surface area contributed by atoms with Gasteiger partial charge in [-0.15, -0.1) is 0 Å². The molecule has 26 heavy (non-hydrogen) atoms. The van der Waals surface area contributed by atoms with Crippen molar-refractivity contribution in [1.29, 1.82) is 0 Å². The van der Waals surface area contributed by atoms with Crippen molar-refractivity contribution in [2.75, 3.05) is 22.5 Å². The largest absolute Gasteiger partial charge is 0.398 e. The second-order valence-corrected chi connectivity index (χ2v) is 7.81. The van der Waals surface area contributed by atoms with Crippen LogP contribution in [0.25, 0.3) is 10.3 Å². The van der Waals surface area contributed by atoms with Crippen LogP contribution in [-0.4, -0.2) is 20.7 Å². The highest BCUT2D eigenvalue weighted by molar-refractivity contribution is 7.99. The monoisotopic (exact) mass is 390 g/mol. The molecular formula is C18H26N6S2. The maximum Gasteiger partial charge on any atom is 0.191 e. The van der Waals surface area contributed by atoms with Crippen LogP contribution in [0, 0.1) is 0 Å². The number of hydrogen-bond donors (Lipinski definition) is 3. The second-order valence-electron chi connectivity index (χ2n) is 5.55. The number of fused-ring (bicyclic) bond motifs is 1. The van der Waals surface area contributed by atoms with Gasteiger partial charge in [0.05, 0.1) is 0 Å². The lowest BCUT2D eigenvalue weighted by Crippen LogP contribution is -2.05. The van der Waals surface area contributed by atoms with Gasteiger partial charge in [-0.3, -0.25) is 0 Å². The van der Waals surface area contributed by atoms with Crippen LogP contribution in [-0.2, 0) is 6.54 Å². The van der Waals surface area contributed by atoms with Crippen molar-refractivity contribution in [3.05, 3.63) is 29.8 Å². The predicted molar refractivity (Wildman–Crippen MR) is 115 cm³/mol. The molecule has 0 atom stereocenters. The molecule has 3 aromatic rings. The number of nitrogens with zero attached hydrogens (tertiary/aromatic N) is 3. The molecule has 2 aromatic heterocycles. The molecule has 3 rings (SSSR count). The molecule has 0 aliphatic heterocycles. The topological polar surface area (TPSA) is 103 Å². The molecule has 6 nitrogen and oxygen atoms in total. The predicted octanol–water partition coefficient (Wildman–Crippen LogP) is 4.78. The lowest BCUT2D eigenvalue weighted by Gasteiger charge is -2.09. The highest BCUT2D eigenvalue weighted by atomic mass is 32.2. The lowest BCUT2D eigenvalue weighted by atomic mass is 10.2. The summed E-state index contributed by atoms with van der Waals surface area (Å²) in [5, 5.41) is 4.52. The molecule has 0 radical (unpaired) electrons. The standard InChI is InChI=1S/C14H16N6S2.C4H10/c1-2-21-14-19-11(10-12(20-14)18-13(16)22-10)17-7-8-5-3-4-6-9(8)15;1-3-4-2/h3-6H,2,7,15H2,1H3,(H3,16,17,18,19,20);3-4H2,1-2H3. The molecule has 0 fully saturated rings. The Morgan fingerprint density at radius 3 is 2.42 bits per heavy atom. The van der Waals surface area contributed by atoms with Crippen LogP contribution in [0.1, 0.15) is 39.2 Å². The summed E-state index contributed by atoms with van der Waals surface area (Å²) in [5.41, 5.74) is 14.2. The van der Waals surface area contributed by atoms with E-state index >= 15 is 0 Å². The summed E-state index contributed by atoms with van der Waals surface area (Å²) in [7, 11) is 0. The Labute approximate surface area is 162 Å². The van der Waals surface area contributed by atoms with Gasteiger partial charge in [0.1, 0.15) is 4.70 Å². The number of thioether (sulfide) groups is 1. The van der Waals surface area contributed by atoms with E-state index in [2.05, 4.69) is 41.0 Å². The zero-order valence-electron chi connectivity index (χ0n) is 15.5. The van der Waals surface area contributed by atoms with Crippen LogP contribution < -0.4 is 16.8 Å². The fourth-order valence-corrected chi connectivity index (χ4v) is 3.31. The maximum atomic E-state index is 5.97. The van der Waals surface area contributed by atoms with E-state index in [1.807, 2.05) is 24.3 Å². The number of para-hydroxylation sites is 1. The highest BCUT2D eigenvalue weighted by Crippen LogP contribution is 2.31. The van der Waals surface area contributed by atoms with E-state index in [0.29, 0.717) is 22.5 Å². The van der Waals surface area contributed by atoms with E-state index in [0.717, 1.165) is 27.5 Å². The van der Waals surface area contributed by atoms with Crippen molar-refractivity contribution in [1.82, 2.24) is 15.0 Å². The molecule has 0 amide bonds. The molecule has 8 heteroatoms. The van der Waals surface area contributed by atoms with E-state index in [-0.39, 0.29) is 0 Å². The molecule has 0 bridgehead atoms. The van der Waals surface area contributed by atoms with Crippen LogP contribution in [0.3, 0.4) is 0 Å². The van der Waals surface area contributed by atoms with Gasteiger partial charge in [-0.25, -0.2) is 15.0 Å². The van der Waals surface area contributed by atoms with Crippen molar-refractivity contribution in [2.45, 2.75) is 45.3 Å². The highest BCUT2D eigenvalue weighted by Gasteiger charge is 2.12. The molecule has 0 saturated heterocycles. The number of nitrogens with one attached hydrogen (secondary N) is 1. The number of nitrogens with two attached hydrogens (primary N) is 2. The van der Waals surface area contributed by atoms with Gasteiger partial charge in [-0.05, 0) is 17.4 Å². The van der Waals surface area contributed by atoms with Crippen molar-refractivity contribution in [3.63, 3.8) is 0 Å². The molecule has 0 unspecified atom stereocenters. The average Bonchev–Trinajstić information content (AvgIpc) is 3.01. The van der Waals surface area contributed by atoms with Crippen molar-refractivity contribution >= 4 is 50.1 Å². The molecule has 0 aliphatic carbocycles. The Hall–Kier alpha value is -2.06. The van der Waals surface area contributed by atoms with Gasteiger partial charge in [-0.1, -0.05) is 74.9 Å². The van der Waals surface area contributed by atoms with Crippen molar-refractivity contribution in [3.8, 4) is 0 Å². The number of nitrogen functional groups attached to an aromatic ring is 2. The zero-order chi connectivity index (χ0) is 18.9. The van der Waals surface area contributed by atoms with Gasteiger partial charge in [0.2, 0.25) is 0 Å². The Morgan fingerprint density at radius 2 is 1.77 bits per heavy atom. The van der Waals surface area contributed by atoms with Crippen LogP contribution in [0.5, 0.6) is 0 Å². The number of anilines is 3. The van der Waals surface area contributed by atoms with Crippen molar-refractivity contribution < 1.29 is 0 Å². The van der Waals surface area contributed by atoms with Gasteiger partial charge in [-0.2, -0.15) is 0 Å². The third-order valence-electron chi connectivity index (χ3n) is 3.52. The zero-order valence-corrected chi connectivity index (χ0v) is 17.1. The van der Waals surface area contributed by atoms with Gasteiger partial charge >= 0.3 is 0 Å². The third-order valence-corrected chi connectivity index (χ3v) is 5.13. The summed E-state index contributed by atoms with van der Waals surface area (Å²) >= 11 is 2.96. The van der Waals surface area contributed by atoms with Crippen LogP contribution in [0.15, 0.2) is 29.4 Å². The number of unbranched alkanes of at least 4 members (excludes halogenated alkanes) is 1. The third kappa shape index (κ3) is 5.47. The van der Waals surface area contributed by atoms with Gasteiger partial charge < -0.3 is 16.8 Å². The molecular weight excluding hydrogens is 364 g/mol. The molecule has 5 N–H and O–H groups in total. The normalized spacial score (nSPS) is 10.4. The van der Waals surface area contributed by atoms with Gasteiger partial charge in [0.15, 0.2) is 21.8 Å². The number of aromatic nitrogens is 3. The van der Waals surface area contributed by atoms with Crippen LogP contribution in [0.4, 0.5) is 16.6 Å². The van der Waals surface area contributed by atoms with Crippen LogP contribution >= 0.6 is 23.1 Å². The van der Waals surface area contributed by atoms with Crippen LogP contribution in [0.2, 0.25) is 0 Å². The minimum atomic E-state index is 0.491. The minimum Gasteiger partial charge on any atom is -0.398 e. The fourth-order valence-electron chi connectivity index (χ4n) is 2.01. The SMILES string of the molecule is CCCC.CCSc1nc(NCc2ccccc2N)c2sc(N)nc2n1. The Morgan fingerprint density at radius 1 is 1.04 bits per heavy atom. The summed E-state index contributed by atoms with van der Waals surface area (Å²) in [5.74, 6) is 1.65. The average molecular weight is 391 g/mol. The first-order valence-corrected chi connectivity index (χ1v) is 10.5. The smallest absolute Gasteiger partial charge is 0.191 e. The summed E-state index contributed by atoms with van der Waals surface area (Å²) in [4.78, 5) is 13.2. The van der Waals surface area contributed by atoms with E-state index in [9.17, 15) is 0 Å². The lowest BCUT2D eigenvalue weighted by molar-refractivity contribution is 0.886. The Balaban J connectivity index is 0.000000552. The first kappa shape index (κ1) is 20.3. The summed E-state index contributed by atoms with van der Waals surface area (Å²) in [6, 6.07) is 7.76. The molecule has 2 heterocycles. The molecule has 0 spiro atoms. The minimum absolute atomic E-state index is 0.491. The van der Waals surface area contributed by atoms with E-state index < -0.39 is 0 Å². The molecule has 0 aliphatic rings. The van der Waals surface area contributed by atoms with E-state index in [1.165, 1.54) is 24.2 Å². The van der Waals surface area contributed by atoms with Crippen molar-refractivity contribution in [2.24, 2.45) is 0 Å². The maximum absolute atomic E-state index is 5.97. The quantitative estimate of drug-likeness (QED) is 0.316. The van der Waals surface area contributed by atoms with E-state index in [1.54, 1.807) is 11.8 Å². The number of benzene rings is 1. The Bertz CT molecular complexity index is 832. The number of hydrogen-bond acceptors (Lipinski definition) is 8. The number of rotatable bonds is 6. The summed E-state index contributed by atoms with van der Waals surface area (Å²) < 4.78 is 0.868. The van der Waals surface area contributed by atoms with E-state index in [4.69, 9.17) is 11.5 Å². The fraction of sp³-hybridized carbons (Fsp3) is 0.389. The molecule has 1 aromatic carbocycles. The molecule has 0 saturated carbocycles. The van der Waals surface area contributed by atoms with Gasteiger partial charge in [0.25, 0.3) is 0 Å². The second kappa shape index (κ2) is 10.2. The Kier molecular flexibility index (Phi) is 7.93. The first-order valence-electron chi connectivity index (χ1n) is 8.73. The number of thiazole rings is 1.